The number of fused-ring (bicyclic) bond motifs is 3. The first-order chi connectivity index (χ1) is 24.0. The first-order valence-corrected chi connectivity index (χ1v) is 17.1. The SMILES string of the molecule is CCOC(CN(Cc1cccc(F)n1)C(=O)[C@H](Cc1ccc(OC(C)(C)C)cc1)NC(=O)OCc1cccc2c1Cc1ccccc1-2)OCC. The molecule has 1 aromatic heterocycles. The highest BCUT2D eigenvalue weighted by Gasteiger charge is 2.30. The summed E-state index contributed by atoms with van der Waals surface area (Å²) >= 11 is 0. The Labute approximate surface area is 293 Å². The summed E-state index contributed by atoms with van der Waals surface area (Å²) in [5.41, 5.74) is 6.33. The Morgan fingerprint density at radius 3 is 2.30 bits per heavy atom. The van der Waals surface area contributed by atoms with E-state index in [-0.39, 0.29) is 31.7 Å². The van der Waals surface area contributed by atoms with Gasteiger partial charge < -0.3 is 29.2 Å². The number of hydrogen-bond acceptors (Lipinski definition) is 7. The predicted octanol–water partition coefficient (Wildman–Crippen LogP) is 7.23. The maximum absolute atomic E-state index is 14.4. The Bertz CT molecular complexity index is 1750. The van der Waals surface area contributed by atoms with Gasteiger partial charge in [-0.25, -0.2) is 9.78 Å². The number of carbonyl (C=O) groups is 2. The highest BCUT2D eigenvalue weighted by molar-refractivity contribution is 5.86. The van der Waals surface area contributed by atoms with Crippen LogP contribution in [0.2, 0.25) is 0 Å². The van der Waals surface area contributed by atoms with Gasteiger partial charge in [-0.3, -0.25) is 4.79 Å². The molecule has 10 heteroatoms. The van der Waals surface area contributed by atoms with Gasteiger partial charge in [-0.15, -0.1) is 0 Å². The zero-order valence-corrected chi connectivity index (χ0v) is 29.4. The molecule has 2 amide bonds. The molecule has 0 saturated heterocycles. The standard InChI is InChI=1S/C40H46FN3O6/c1-6-47-37(48-7-2)25-44(24-30-14-11-17-36(41)42-30)38(45)35(22-27-18-20-31(21-19-27)50-40(3,4)5)43-39(46)49-26-29-13-10-16-33-32-15-9-8-12-28(32)23-34(29)33/h8-21,35,37H,6-7,22-26H2,1-5H3,(H,43,46)/t35-/m0/s1. The Morgan fingerprint density at radius 2 is 1.60 bits per heavy atom. The van der Waals surface area contributed by atoms with Crippen molar-refractivity contribution in [3.8, 4) is 16.9 Å². The van der Waals surface area contributed by atoms with Crippen molar-refractivity contribution in [2.75, 3.05) is 19.8 Å². The normalized spacial score (nSPS) is 12.6. The third-order valence-corrected chi connectivity index (χ3v) is 8.20. The number of amides is 2. The fourth-order valence-corrected chi connectivity index (χ4v) is 6.06. The summed E-state index contributed by atoms with van der Waals surface area (Å²) in [5, 5.41) is 2.83. The smallest absolute Gasteiger partial charge is 0.408 e. The average molecular weight is 684 g/mol. The Morgan fingerprint density at radius 1 is 0.900 bits per heavy atom. The summed E-state index contributed by atoms with van der Waals surface area (Å²) in [6, 6.07) is 25.0. The van der Waals surface area contributed by atoms with Crippen LogP contribution in [0.4, 0.5) is 9.18 Å². The molecule has 0 bridgehead atoms. The molecule has 1 N–H and O–H groups in total. The van der Waals surface area contributed by atoms with Gasteiger partial charge in [-0.05, 0) is 98.7 Å². The maximum atomic E-state index is 14.4. The second kappa shape index (κ2) is 16.7. The van der Waals surface area contributed by atoms with Crippen molar-refractivity contribution in [2.45, 2.75) is 78.5 Å². The van der Waals surface area contributed by atoms with Crippen LogP contribution in [-0.4, -0.2) is 59.6 Å². The van der Waals surface area contributed by atoms with Gasteiger partial charge >= 0.3 is 6.09 Å². The molecule has 0 radical (unpaired) electrons. The lowest BCUT2D eigenvalue weighted by molar-refractivity contribution is -0.161. The molecular formula is C40H46FN3O6. The van der Waals surface area contributed by atoms with Crippen molar-refractivity contribution >= 4 is 12.0 Å². The van der Waals surface area contributed by atoms with E-state index in [4.69, 9.17) is 18.9 Å². The van der Waals surface area contributed by atoms with Gasteiger partial charge in [-0.1, -0.05) is 60.7 Å². The number of benzene rings is 3. The number of pyridine rings is 1. The van der Waals surface area contributed by atoms with E-state index in [9.17, 15) is 14.0 Å². The molecule has 0 saturated carbocycles. The monoisotopic (exact) mass is 683 g/mol. The minimum absolute atomic E-state index is 0.0288. The van der Waals surface area contributed by atoms with E-state index in [0.29, 0.717) is 24.7 Å². The molecule has 1 atom stereocenters. The Balaban J connectivity index is 1.38. The van der Waals surface area contributed by atoms with Crippen LogP contribution in [0.1, 0.15) is 62.6 Å². The van der Waals surface area contributed by atoms with Crippen molar-refractivity contribution in [1.82, 2.24) is 15.2 Å². The molecule has 0 spiro atoms. The van der Waals surface area contributed by atoms with Crippen LogP contribution in [0, 0.1) is 5.95 Å². The summed E-state index contributed by atoms with van der Waals surface area (Å²) in [7, 11) is 0. The number of hydrogen-bond donors (Lipinski definition) is 1. The largest absolute Gasteiger partial charge is 0.488 e. The average Bonchev–Trinajstić information content (AvgIpc) is 3.46. The summed E-state index contributed by atoms with van der Waals surface area (Å²) in [5.74, 6) is -0.403. The molecule has 0 unspecified atom stereocenters. The zero-order valence-electron chi connectivity index (χ0n) is 29.4. The molecule has 1 heterocycles. The lowest BCUT2D eigenvalue weighted by atomic mass is 10.0. The number of nitrogens with one attached hydrogen (secondary N) is 1. The summed E-state index contributed by atoms with van der Waals surface area (Å²) in [6.45, 7) is 10.3. The lowest BCUT2D eigenvalue weighted by Crippen LogP contribution is -2.51. The first-order valence-electron chi connectivity index (χ1n) is 17.1. The lowest BCUT2D eigenvalue weighted by Gasteiger charge is -2.30. The van der Waals surface area contributed by atoms with Gasteiger partial charge in [0, 0.05) is 19.6 Å². The topological polar surface area (TPSA) is 99.2 Å². The van der Waals surface area contributed by atoms with E-state index in [2.05, 4.69) is 28.5 Å². The Hall–Kier alpha value is -4.80. The van der Waals surface area contributed by atoms with Gasteiger partial charge in [0.15, 0.2) is 6.29 Å². The second-order valence-electron chi connectivity index (χ2n) is 13.1. The van der Waals surface area contributed by atoms with E-state index in [1.807, 2.05) is 83.1 Å². The molecule has 5 rings (SSSR count). The van der Waals surface area contributed by atoms with Gasteiger partial charge in [0.25, 0.3) is 0 Å². The van der Waals surface area contributed by atoms with Crippen LogP contribution in [0.15, 0.2) is 84.9 Å². The zero-order chi connectivity index (χ0) is 35.7. The van der Waals surface area contributed by atoms with Crippen LogP contribution in [-0.2, 0) is 45.0 Å². The summed E-state index contributed by atoms with van der Waals surface area (Å²) in [6.07, 6.45) is -0.569. The number of aromatic nitrogens is 1. The number of carbonyl (C=O) groups excluding carboxylic acids is 2. The van der Waals surface area contributed by atoms with Crippen LogP contribution in [0.3, 0.4) is 0 Å². The van der Waals surface area contributed by atoms with Crippen molar-refractivity contribution in [3.05, 3.63) is 119 Å². The van der Waals surface area contributed by atoms with Crippen molar-refractivity contribution in [3.63, 3.8) is 0 Å². The molecular weight excluding hydrogens is 637 g/mol. The van der Waals surface area contributed by atoms with Gasteiger partial charge in [0.05, 0.1) is 18.8 Å². The van der Waals surface area contributed by atoms with Crippen LogP contribution >= 0.6 is 0 Å². The number of ether oxygens (including phenoxy) is 4. The van der Waals surface area contributed by atoms with E-state index < -0.39 is 30.3 Å². The number of nitrogens with zero attached hydrogens (tertiary/aromatic N) is 2. The minimum Gasteiger partial charge on any atom is -0.488 e. The molecule has 50 heavy (non-hydrogen) atoms. The molecule has 9 nitrogen and oxygen atoms in total. The quantitative estimate of drug-likeness (QED) is 0.0918. The molecule has 1 aliphatic rings. The van der Waals surface area contributed by atoms with Crippen LogP contribution in [0.25, 0.3) is 11.1 Å². The predicted molar refractivity (Wildman–Crippen MR) is 189 cm³/mol. The van der Waals surface area contributed by atoms with Crippen molar-refractivity contribution in [1.29, 1.82) is 0 Å². The highest BCUT2D eigenvalue weighted by Crippen LogP contribution is 2.38. The fourth-order valence-electron chi connectivity index (χ4n) is 6.06. The van der Waals surface area contributed by atoms with Gasteiger partial charge in [0.1, 0.15) is 24.0 Å². The van der Waals surface area contributed by atoms with Crippen LogP contribution < -0.4 is 10.1 Å². The molecule has 0 aliphatic heterocycles. The third-order valence-electron chi connectivity index (χ3n) is 8.20. The number of alkyl carbamates (subject to hydrolysis) is 1. The number of rotatable bonds is 15. The molecule has 264 valence electrons. The molecule has 0 fully saturated rings. The molecule has 1 aliphatic carbocycles. The maximum Gasteiger partial charge on any atom is 0.408 e. The highest BCUT2D eigenvalue weighted by atomic mass is 19.1. The summed E-state index contributed by atoms with van der Waals surface area (Å²) < 4.78 is 37.4. The Kier molecular flexibility index (Phi) is 12.2. The second-order valence-corrected chi connectivity index (χ2v) is 13.1. The van der Waals surface area contributed by atoms with Crippen molar-refractivity contribution < 1.29 is 32.9 Å². The minimum atomic E-state index is -1.04. The van der Waals surface area contributed by atoms with Gasteiger partial charge in [0.2, 0.25) is 11.9 Å². The summed E-state index contributed by atoms with van der Waals surface area (Å²) in [4.78, 5) is 33.3. The van der Waals surface area contributed by atoms with E-state index in [0.717, 1.165) is 28.7 Å². The van der Waals surface area contributed by atoms with Crippen LogP contribution in [0.5, 0.6) is 5.75 Å². The van der Waals surface area contributed by atoms with E-state index in [1.165, 1.54) is 28.2 Å². The first kappa shape index (κ1) is 36.5. The molecule has 3 aromatic carbocycles. The third kappa shape index (κ3) is 9.89. The molecule has 4 aromatic rings. The van der Waals surface area contributed by atoms with Gasteiger partial charge in [-0.2, -0.15) is 4.39 Å². The van der Waals surface area contributed by atoms with E-state index >= 15 is 0 Å². The fraction of sp³-hybridized carbons (Fsp3) is 0.375. The van der Waals surface area contributed by atoms with E-state index in [1.54, 1.807) is 6.07 Å². The van der Waals surface area contributed by atoms with Crippen molar-refractivity contribution in [2.24, 2.45) is 0 Å². The number of halogens is 1.